The molecule has 0 aliphatic heterocycles. The van der Waals surface area contributed by atoms with Crippen LogP contribution in [-0.4, -0.2) is 37.2 Å². The van der Waals surface area contributed by atoms with Gasteiger partial charge in [0, 0.05) is 19.3 Å². The van der Waals surface area contributed by atoms with Crippen molar-refractivity contribution in [2.24, 2.45) is 5.92 Å². The van der Waals surface area contributed by atoms with Crippen LogP contribution in [0.2, 0.25) is 0 Å². The fourth-order valence-electron chi connectivity index (χ4n) is 5.89. The predicted molar refractivity (Wildman–Crippen MR) is 196 cm³/mol. The molecule has 47 heavy (non-hydrogen) atoms. The molecule has 2 atom stereocenters. The number of carbonyl (C=O) groups is 3. The van der Waals surface area contributed by atoms with Crippen LogP contribution >= 0.6 is 0 Å². The monoisotopic (exact) mass is 667 g/mol. The van der Waals surface area contributed by atoms with Gasteiger partial charge in [0.05, 0.1) is 0 Å². The van der Waals surface area contributed by atoms with Crippen LogP contribution in [0.3, 0.4) is 0 Å². The highest BCUT2D eigenvalue weighted by molar-refractivity contribution is 5.71. The average Bonchev–Trinajstić information content (AvgIpc) is 3.07. The Morgan fingerprint density at radius 2 is 0.745 bits per heavy atom. The van der Waals surface area contributed by atoms with Gasteiger partial charge in [0.25, 0.3) is 0 Å². The van der Waals surface area contributed by atoms with Crippen LogP contribution in [0.4, 0.5) is 0 Å². The summed E-state index contributed by atoms with van der Waals surface area (Å²) in [4.78, 5) is 37.4. The van der Waals surface area contributed by atoms with E-state index in [1.165, 1.54) is 116 Å². The smallest absolute Gasteiger partial charge is 0.306 e. The Bertz CT molecular complexity index is 708. The van der Waals surface area contributed by atoms with Gasteiger partial charge in [0.15, 0.2) is 6.10 Å². The van der Waals surface area contributed by atoms with Crippen molar-refractivity contribution < 1.29 is 28.6 Å². The molecule has 0 aliphatic rings. The van der Waals surface area contributed by atoms with E-state index in [9.17, 15) is 14.4 Å². The van der Waals surface area contributed by atoms with Crippen molar-refractivity contribution in [2.75, 3.05) is 13.2 Å². The van der Waals surface area contributed by atoms with E-state index in [0.717, 1.165) is 63.7 Å². The summed E-state index contributed by atoms with van der Waals surface area (Å²) in [6.45, 7) is 8.90. The molecule has 0 spiro atoms. The molecule has 0 rings (SSSR count). The molecule has 6 nitrogen and oxygen atoms in total. The lowest BCUT2D eigenvalue weighted by Crippen LogP contribution is -2.30. The molecule has 278 valence electrons. The first-order valence-electron chi connectivity index (χ1n) is 20.4. The molecule has 1 unspecified atom stereocenters. The van der Waals surface area contributed by atoms with Gasteiger partial charge in [-0.3, -0.25) is 14.4 Å². The molecule has 0 saturated carbocycles. The second-order valence-electron chi connectivity index (χ2n) is 14.2. The minimum atomic E-state index is -0.757. The quantitative estimate of drug-likeness (QED) is 0.0376. The van der Waals surface area contributed by atoms with E-state index in [1.54, 1.807) is 0 Å². The number of unbranched alkanes of at least 4 members (excludes halogenated alkanes) is 22. The zero-order valence-corrected chi connectivity index (χ0v) is 31.7. The topological polar surface area (TPSA) is 78.9 Å². The number of esters is 3. The molecular formula is C41H78O6. The summed E-state index contributed by atoms with van der Waals surface area (Å²) in [5, 5.41) is 0. The molecule has 0 aromatic rings. The Labute approximate surface area is 291 Å². The van der Waals surface area contributed by atoms with Crippen molar-refractivity contribution in [3.05, 3.63) is 0 Å². The summed E-state index contributed by atoms with van der Waals surface area (Å²) in [6.07, 6.45) is 32.4. The summed E-state index contributed by atoms with van der Waals surface area (Å²) in [7, 11) is 0. The van der Waals surface area contributed by atoms with Gasteiger partial charge in [-0.15, -0.1) is 0 Å². The normalized spacial score (nSPS) is 12.5. The van der Waals surface area contributed by atoms with E-state index in [1.807, 2.05) is 0 Å². The summed E-state index contributed by atoms with van der Waals surface area (Å²) < 4.78 is 16.6. The van der Waals surface area contributed by atoms with Gasteiger partial charge in [-0.25, -0.2) is 0 Å². The number of ether oxygens (including phenoxy) is 3. The van der Waals surface area contributed by atoms with Gasteiger partial charge in [-0.2, -0.15) is 0 Å². The molecular weight excluding hydrogens is 588 g/mol. The number of hydrogen-bond donors (Lipinski definition) is 0. The molecule has 0 amide bonds. The predicted octanol–water partition coefficient (Wildman–Crippen LogP) is 12.4. The fraction of sp³-hybridized carbons (Fsp3) is 0.927. The van der Waals surface area contributed by atoms with Gasteiger partial charge in [-0.1, -0.05) is 182 Å². The third-order valence-corrected chi connectivity index (χ3v) is 9.40. The number of hydrogen-bond acceptors (Lipinski definition) is 6. The summed E-state index contributed by atoms with van der Waals surface area (Å²) >= 11 is 0. The molecule has 0 aromatic carbocycles. The molecule has 0 aliphatic carbocycles. The first kappa shape index (κ1) is 45.4. The molecule has 0 heterocycles. The van der Waals surface area contributed by atoms with Crippen LogP contribution in [0.25, 0.3) is 0 Å². The third kappa shape index (κ3) is 34.1. The molecule has 0 fully saturated rings. The minimum absolute atomic E-state index is 0.0657. The van der Waals surface area contributed by atoms with E-state index in [4.69, 9.17) is 14.2 Å². The minimum Gasteiger partial charge on any atom is -0.462 e. The Morgan fingerprint density at radius 1 is 0.426 bits per heavy atom. The van der Waals surface area contributed by atoms with Crippen molar-refractivity contribution in [3.8, 4) is 0 Å². The zero-order chi connectivity index (χ0) is 34.6. The highest BCUT2D eigenvalue weighted by Gasteiger charge is 2.19. The highest BCUT2D eigenvalue weighted by Crippen LogP contribution is 2.16. The average molecular weight is 667 g/mol. The van der Waals surface area contributed by atoms with Crippen LogP contribution in [-0.2, 0) is 28.6 Å². The molecule has 0 radical (unpaired) electrons. The highest BCUT2D eigenvalue weighted by atomic mass is 16.6. The molecule has 0 saturated heterocycles. The van der Waals surface area contributed by atoms with Gasteiger partial charge in [0.1, 0.15) is 13.2 Å². The maximum atomic E-state index is 12.5. The van der Waals surface area contributed by atoms with Gasteiger partial charge < -0.3 is 14.2 Å². The van der Waals surface area contributed by atoms with Crippen LogP contribution in [0.5, 0.6) is 0 Å². The second kappa shape index (κ2) is 35.7. The summed E-state index contributed by atoms with van der Waals surface area (Å²) in [5.41, 5.74) is 0. The lowest BCUT2D eigenvalue weighted by atomic mass is 10.00. The first-order chi connectivity index (χ1) is 22.9. The van der Waals surface area contributed by atoms with Crippen molar-refractivity contribution in [1.29, 1.82) is 0 Å². The maximum absolute atomic E-state index is 12.5. The van der Waals surface area contributed by atoms with Crippen LogP contribution in [0.15, 0.2) is 0 Å². The van der Waals surface area contributed by atoms with Crippen molar-refractivity contribution in [3.63, 3.8) is 0 Å². The Balaban J connectivity index is 4.30. The largest absolute Gasteiger partial charge is 0.462 e. The van der Waals surface area contributed by atoms with E-state index >= 15 is 0 Å². The first-order valence-corrected chi connectivity index (χ1v) is 20.4. The van der Waals surface area contributed by atoms with E-state index < -0.39 is 6.10 Å². The van der Waals surface area contributed by atoms with Crippen LogP contribution in [0.1, 0.15) is 220 Å². The van der Waals surface area contributed by atoms with Crippen molar-refractivity contribution >= 4 is 17.9 Å². The summed E-state index contributed by atoms with van der Waals surface area (Å²) in [6, 6.07) is 0. The molecule has 0 N–H and O–H groups in total. The van der Waals surface area contributed by atoms with Crippen molar-refractivity contribution in [2.45, 2.75) is 226 Å². The van der Waals surface area contributed by atoms with Gasteiger partial charge in [-0.05, 0) is 25.2 Å². The fourth-order valence-corrected chi connectivity index (χ4v) is 5.89. The van der Waals surface area contributed by atoms with E-state index in [-0.39, 0.29) is 31.1 Å². The zero-order valence-electron chi connectivity index (χ0n) is 31.7. The van der Waals surface area contributed by atoms with Gasteiger partial charge >= 0.3 is 17.9 Å². The van der Waals surface area contributed by atoms with Crippen molar-refractivity contribution in [1.82, 2.24) is 0 Å². The van der Waals surface area contributed by atoms with Crippen LogP contribution in [0, 0.1) is 5.92 Å². The van der Waals surface area contributed by atoms with Crippen LogP contribution < -0.4 is 0 Å². The van der Waals surface area contributed by atoms with E-state index in [2.05, 4.69) is 27.7 Å². The Morgan fingerprint density at radius 3 is 1.11 bits per heavy atom. The SMILES string of the molecule is CCCCCCCCCCCCCCC(=O)OC[C@H](COC(=O)CCCCCCCCC(C)CC)OC(=O)CCCCCCCCC. The maximum Gasteiger partial charge on any atom is 0.306 e. The standard InChI is InChI=1S/C41H78O6/c1-5-8-10-12-14-15-16-17-18-20-24-28-32-39(42)45-35-38(47-41(44)34-30-26-19-13-11-9-6-2)36-46-40(43)33-29-25-22-21-23-27-31-37(4)7-3/h37-38H,5-36H2,1-4H3/t37?,38-/m1/s1. The van der Waals surface area contributed by atoms with E-state index in [0.29, 0.717) is 19.3 Å². The third-order valence-electron chi connectivity index (χ3n) is 9.40. The molecule has 0 bridgehead atoms. The number of rotatable bonds is 36. The molecule has 6 heteroatoms. The van der Waals surface area contributed by atoms with Gasteiger partial charge in [0.2, 0.25) is 0 Å². The lowest BCUT2D eigenvalue weighted by molar-refractivity contribution is -0.167. The molecule has 0 aromatic heterocycles. The Kier molecular flexibility index (Phi) is 34.5. The second-order valence-corrected chi connectivity index (χ2v) is 14.2. The summed E-state index contributed by atoms with van der Waals surface area (Å²) in [5.74, 6) is -0.0562. The number of carbonyl (C=O) groups excluding carboxylic acids is 3. The lowest BCUT2D eigenvalue weighted by Gasteiger charge is -2.18. The Hall–Kier alpha value is -1.59.